The highest BCUT2D eigenvalue weighted by Gasteiger charge is 2.12. The van der Waals surface area contributed by atoms with Gasteiger partial charge in [-0.25, -0.2) is 4.98 Å². The monoisotopic (exact) mass is 472 g/mol. The lowest BCUT2D eigenvalue weighted by molar-refractivity contribution is 0.321. The Morgan fingerprint density at radius 3 is 2.42 bits per heavy atom. The lowest BCUT2D eigenvalue weighted by atomic mass is 9.87. The van der Waals surface area contributed by atoms with Crippen LogP contribution in [0.25, 0.3) is 0 Å². The van der Waals surface area contributed by atoms with Crippen LogP contribution in [0.1, 0.15) is 32.2 Å². The predicted octanol–water partition coefficient (Wildman–Crippen LogP) is 2.47. The molecule has 1 heterocycles. The first-order valence-electron chi connectivity index (χ1n) is 8.41. The molecule has 0 bridgehead atoms. The van der Waals surface area contributed by atoms with Gasteiger partial charge in [0.2, 0.25) is 0 Å². The summed E-state index contributed by atoms with van der Waals surface area (Å²) in [6.07, 6.45) is 1.53. The number of rotatable bonds is 6. The van der Waals surface area contributed by atoms with Crippen LogP contribution in [0, 0.1) is 0 Å². The smallest absolute Gasteiger partial charge is 0.191 e. The van der Waals surface area contributed by atoms with Crippen molar-refractivity contribution in [2.45, 2.75) is 32.7 Å². The van der Waals surface area contributed by atoms with Crippen LogP contribution in [-0.2, 0) is 19.0 Å². The Kier molecular flexibility index (Phi) is 8.83. The van der Waals surface area contributed by atoms with Crippen LogP contribution < -0.4 is 15.4 Å². The average molecular weight is 472 g/mol. The Hall–Kier alpha value is -1.84. The van der Waals surface area contributed by atoms with E-state index in [1.54, 1.807) is 11.7 Å². The molecule has 7 nitrogen and oxygen atoms in total. The Balaban J connectivity index is 0.00000338. The van der Waals surface area contributed by atoms with Gasteiger partial charge in [0.05, 0.1) is 13.1 Å². The molecule has 0 aliphatic carbocycles. The van der Waals surface area contributed by atoms with Gasteiger partial charge in [-0.15, -0.1) is 24.0 Å². The maximum Gasteiger partial charge on any atom is 0.191 e. The number of guanidine groups is 1. The van der Waals surface area contributed by atoms with E-state index >= 15 is 0 Å². The second-order valence-electron chi connectivity index (χ2n) is 6.78. The summed E-state index contributed by atoms with van der Waals surface area (Å²) in [5.74, 6) is 2.42. The van der Waals surface area contributed by atoms with Crippen LogP contribution in [0.4, 0.5) is 0 Å². The fourth-order valence-electron chi connectivity index (χ4n) is 2.25. The molecule has 2 aromatic rings. The zero-order valence-electron chi connectivity index (χ0n) is 16.1. The highest BCUT2D eigenvalue weighted by atomic mass is 127. The Labute approximate surface area is 172 Å². The highest BCUT2D eigenvalue weighted by Crippen LogP contribution is 2.24. The quantitative estimate of drug-likeness (QED) is 0.293. The van der Waals surface area contributed by atoms with Gasteiger partial charge in [0.15, 0.2) is 5.96 Å². The number of aliphatic imine (C=N–C) groups is 1. The molecule has 1 aromatic carbocycles. The molecule has 0 atom stereocenters. The van der Waals surface area contributed by atoms with E-state index in [1.165, 1.54) is 11.9 Å². The van der Waals surface area contributed by atoms with Crippen LogP contribution in [-0.4, -0.2) is 40.9 Å². The van der Waals surface area contributed by atoms with Crippen molar-refractivity contribution in [2.24, 2.45) is 12.0 Å². The maximum atomic E-state index is 5.77. The molecule has 0 fully saturated rings. The Morgan fingerprint density at radius 2 is 1.88 bits per heavy atom. The number of hydrogen-bond acceptors (Lipinski definition) is 4. The summed E-state index contributed by atoms with van der Waals surface area (Å²) < 4.78 is 7.49. The number of nitrogens with zero attached hydrogens (tertiary/aromatic N) is 4. The van der Waals surface area contributed by atoms with Gasteiger partial charge < -0.3 is 15.4 Å². The van der Waals surface area contributed by atoms with Crippen LogP contribution in [0.2, 0.25) is 0 Å². The van der Waals surface area contributed by atoms with E-state index in [-0.39, 0.29) is 29.4 Å². The topological polar surface area (TPSA) is 76.4 Å². The fourth-order valence-corrected chi connectivity index (χ4v) is 2.25. The van der Waals surface area contributed by atoms with Crippen LogP contribution in [0.3, 0.4) is 0 Å². The van der Waals surface area contributed by atoms with Crippen molar-refractivity contribution in [2.75, 3.05) is 20.2 Å². The summed E-state index contributed by atoms with van der Waals surface area (Å²) in [5, 5.41) is 10.4. The van der Waals surface area contributed by atoms with Gasteiger partial charge in [0, 0.05) is 14.1 Å². The highest BCUT2D eigenvalue weighted by molar-refractivity contribution is 14.0. The predicted molar refractivity (Wildman–Crippen MR) is 115 cm³/mol. The third-order valence-electron chi connectivity index (χ3n) is 3.83. The van der Waals surface area contributed by atoms with Crippen LogP contribution in [0.5, 0.6) is 5.75 Å². The summed E-state index contributed by atoms with van der Waals surface area (Å²) >= 11 is 0. The van der Waals surface area contributed by atoms with Gasteiger partial charge in [-0.05, 0) is 23.1 Å². The summed E-state index contributed by atoms with van der Waals surface area (Å²) in [5.41, 5.74) is 1.45. The first-order valence-corrected chi connectivity index (χ1v) is 8.41. The zero-order chi connectivity index (χ0) is 18.3. The van der Waals surface area contributed by atoms with E-state index in [4.69, 9.17) is 4.74 Å². The van der Waals surface area contributed by atoms with Crippen molar-refractivity contribution in [3.8, 4) is 5.75 Å². The average Bonchev–Trinajstić information content (AvgIpc) is 2.99. The van der Waals surface area contributed by atoms with Gasteiger partial charge in [-0.1, -0.05) is 32.9 Å². The van der Waals surface area contributed by atoms with Gasteiger partial charge in [0.1, 0.15) is 24.5 Å². The van der Waals surface area contributed by atoms with Gasteiger partial charge in [0.25, 0.3) is 0 Å². The minimum Gasteiger partial charge on any atom is -0.492 e. The van der Waals surface area contributed by atoms with Gasteiger partial charge in [-0.3, -0.25) is 9.67 Å². The molecule has 144 valence electrons. The molecule has 0 saturated carbocycles. The number of ether oxygens (including phenoxy) is 1. The summed E-state index contributed by atoms with van der Waals surface area (Å²) in [7, 11) is 3.59. The molecule has 2 rings (SSSR count). The van der Waals surface area contributed by atoms with Crippen LogP contribution in [0.15, 0.2) is 35.6 Å². The molecule has 0 amide bonds. The summed E-state index contributed by atoms with van der Waals surface area (Å²) in [6, 6.07) is 8.26. The largest absolute Gasteiger partial charge is 0.492 e. The van der Waals surface area contributed by atoms with Crippen molar-refractivity contribution in [1.29, 1.82) is 0 Å². The molecule has 1 aromatic heterocycles. The number of nitrogens with one attached hydrogen (secondary N) is 2. The molecule has 2 N–H and O–H groups in total. The van der Waals surface area contributed by atoms with Gasteiger partial charge >= 0.3 is 0 Å². The molecule has 26 heavy (non-hydrogen) atoms. The summed E-state index contributed by atoms with van der Waals surface area (Å²) in [6.45, 7) is 8.37. The third-order valence-corrected chi connectivity index (χ3v) is 3.83. The second-order valence-corrected chi connectivity index (χ2v) is 6.78. The summed E-state index contributed by atoms with van der Waals surface area (Å²) in [4.78, 5) is 8.35. The van der Waals surface area contributed by atoms with E-state index in [0.717, 1.165) is 11.6 Å². The number of aromatic nitrogens is 3. The van der Waals surface area contributed by atoms with Crippen molar-refractivity contribution >= 4 is 29.9 Å². The number of benzene rings is 1. The number of aryl methyl sites for hydroxylation is 1. The molecule has 0 spiro atoms. The van der Waals surface area contributed by atoms with Crippen molar-refractivity contribution in [3.63, 3.8) is 0 Å². The van der Waals surface area contributed by atoms with E-state index in [1.807, 2.05) is 19.2 Å². The zero-order valence-corrected chi connectivity index (χ0v) is 18.4. The van der Waals surface area contributed by atoms with E-state index in [2.05, 4.69) is 58.6 Å². The number of halogens is 1. The Bertz CT molecular complexity index is 690. The molecular formula is C18H29IN6O. The van der Waals surface area contributed by atoms with Gasteiger partial charge in [-0.2, -0.15) is 5.10 Å². The van der Waals surface area contributed by atoms with Crippen molar-refractivity contribution in [1.82, 2.24) is 25.4 Å². The number of hydrogen-bond donors (Lipinski definition) is 2. The molecule has 0 saturated heterocycles. The lowest BCUT2D eigenvalue weighted by Crippen LogP contribution is -2.39. The molecular weight excluding hydrogens is 443 g/mol. The first-order chi connectivity index (χ1) is 11.9. The molecule has 0 aliphatic rings. The van der Waals surface area contributed by atoms with Crippen molar-refractivity contribution < 1.29 is 4.74 Å². The standard InChI is InChI=1S/C18H28N6O.HI/c1-18(2,3)14-6-8-15(9-7-14)25-11-10-20-17(19-4)21-12-16-22-13-23-24(16)5;/h6-9,13H,10-12H2,1-5H3,(H2,19,20,21);1H. The van der Waals surface area contributed by atoms with E-state index in [0.29, 0.717) is 25.7 Å². The molecule has 0 radical (unpaired) electrons. The van der Waals surface area contributed by atoms with E-state index < -0.39 is 0 Å². The normalized spacial score (nSPS) is 11.7. The second kappa shape index (κ2) is 10.3. The van der Waals surface area contributed by atoms with Crippen LogP contribution >= 0.6 is 24.0 Å². The first kappa shape index (κ1) is 22.2. The SMILES string of the molecule is CN=C(NCCOc1ccc(C(C)(C)C)cc1)NCc1ncnn1C.I. The van der Waals surface area contributed by atoms with E-state index in [9.17, 15) is 0 Å². The lowest BCUT2D eigenvalue weighted by Gasteiger charge is -2.19. The minimum atomic E-state index is 0. The maximum absolute atomic E-state index is 5.77. The third kappa shape index (κ3) is 6.81. The van der Waals surface area contributed by atoms with Crippen molar-refractivity contribution in [3.05, 3.63) is 42.0 Å². The fraction of sp³-hybridized carbons (Fsp3) is 0.500. The molecule has 0 aliphatic heterocycles. The molecule has 8 heteroatoms. The molecule has 0 unspecified atom stereocenters. The Morgan fingerprint density at radius 1 is 1.19 bits per heavy atom. The minimum absolute atomic E-state index is 0.